The van der Waals surface area contributed by atoms with Gasteiger partial charge in [-0.1, -0.05) is 6.07 Å². The van der Waals surface area contributed by atoms with Crippen molar-refractivity contribution in [3.8, 4) is 23.0 Å². The molecule has 4 saturated heterocycles. The van der Waals surface area contributed by atoms with Crippen LogP contribution < -0.4 is 9.64 Å². The first-order chi connectivity index (χ1) is 20.8. The molecule has 4 aliphatic heterocycles. The minimum atomic E-state index is -1.16. The van der Waals surface area contributed by atoms with Crippen LogP contribution in [0.15, 0.2) is 30.5 Å². The van der Waals surface area contributed by atoms with Gasteiger partial charge in [0.25, 0.3) is 0 Å². The summed E-state index contributed by atoms with van der Waals surface area (Å²) in [4.78, 5) is 17.9. The Labute approximate surface area is 249 Å². The highest BCUT2D eigenvalue weighted by molar-refractivity contribution is 8.00. The number of aromatic hydroxyl groups is 1. The summed E-state index contributed by atoms with van der Waals surface area (Å²) in [6.07, 6.45) is 4.85. The molecule has 4 atom stereocenters. The van der Waals surface area contributed by atoms with Gasteiger partial charge < -0.3 is 14.7 Å². The molecule has 2 bridgehead atoms. The standard InChI is InChI=1S/C31H29F4N5O2S/c32-17-10-31(6-1-7-40(31)12-17)15-42-30-37-28-22(29(38-30)39-13-19-3-4-20(14-39)43-19)11-36-27(26(28)35)21-9-18(41)8-16-2-5-23(33)25(34)24(16)21/h2,5,8-9,11,17,19-20,41H,1,3-4,6-7,10,12-15H2/t17-,19-,20+,31+/m1/s1. The normalized spacial score (nSPS) is 27.0. The molecule has 4 aliphatic rings. The third-order valence-electron chi connectivity index (χ3n) is 9.46. The van der Waals surface area contributed by atoms with Crippen LogP contribution in [0.25, 0.3) is 32.9 Å². The van der Waals surface area contributed by atoms with Crippen LogP contribution in [-0.4, -0.2) is 80.0 Å². The van der Waals surface area contributed by atoms with Crippen LogP contribution in [0.1, 0.15) is 32.1 Å². The van der Waals surface area contributed by atoms with Crippen LogP contribution in [0.5, 0.6) is 11.8 Å². The number of ether oxygens (including phenoxy) is 1. The predicted molar refractivity (Wildman–Crippen MR) is 157 cm³/mol. The van der Waals surface area contributed by atoms with Gasteiger partial charge in [0, 0.05) is 53.7 Å². The lowest BCUT2D eigenvalue weighted by Gasteiger charge is -2.33. The molecule has 2 aromatic heterocycles. The summed E-state index contributed by atoms with van der Waals surface area (Å²) in [6, 6.07) is 4.71. The first kappa shape index (κ1) is 27.2. The molecule has 4 aromatic rings. The highest BCUT2D eigenvalue weighted by atomic mass is 32.2. The summed E-state index contributed by atoms with van der Waals surface area (Å²) < 4.78 is 66.5. The second-order valence-electron chi connectivity index (χ2n) is 12.2. The van der Waals surface area contributed by atoms with Gasteiger partial charge in [-0.05, 0) is 55.8 Å². The number of hydrogen-bond acceptors (Lipinski definition) is 8. The van der Waals surface area contributed by atoms with Crippen LogP contribution in [0.4, 0.5) is 23.4 Å². The summed E-state index contributed by atoms with van der Waals surface area (Å²) in [7, 11) is 0. The van der Waals surface area contributed by atoms with Crippen molar-refractivity contribution in [2.45, 2.75) is 54.3 Å². The van der Waals surface area contributed by atoms with E-state index in [9.17, 15) is 13.9 Å². The summed E-state index contributed by atoms with van der Waals surface area (Å²) in [5, 5.41) is 11.6. The molecule has 0 radical (unpaired) electrons. The van der Waals surface area contributed by atoms with Crippen molar-refractivity contribution in [1.82, 2.24) is 19.9 Å². The molecule has 0 unspecified atom stereocenters. The van der Waals surface area contributed by atoms with Gasteiger partial charge in [-0.2, -0.15) is 21.7 Å². The van der Waals surface area contributed by atoms with Gasteiger partial charge in [0.2, 0.25) is 0 Å². The Morgan fingerprint density at radius 3 is 2.67 bits per heavy atom. The number of halogens is 4. The number of aromatic nitrogens is 3. The third kappa shape index (κ3) is 4.47. The van der Waals surface area contributed by atoms with Crippen LogP contribution in [-0.2, 0) is 0 Å². The molecule has 0 amide bonds. The zero-order valence-electron chi connectivity index (χ0n) is 23.2. The molecule has 224 valence electrons. The van der Waals surface area contributed by atoms with Crippen molar-refractivity contribution in [3.05, 3.63) is 47.9 Å². The monoisotopic (exact) mass is 611 g/mol. The number of phenols is 1. The Balaban J connectivity index is 1.26. The number of anilines is 1. The third-order valence-corrected chi connectivity index (χ3v) is 11.0. The van der Waals surface area contributed by atoms with E-state index in [1.54, 1.807) is 0 Å². The Morgan fingerprint density at radius 1 is 1.05 bits per heavy atom. The average Bonchev–Trinajstić information content (AvgIpc) is 3.63. The molecule has 4 fully saturated rings. The number of fused-ring (bicyclic) bond motifs is 5. The number of nitrogens with zero attached hydrogens (tertiary/aromatic N) is 5. The number of rotatable bonds is 5. The van der Waals surface area contributed by atoms with E-state index in [0.29, 0.717) is 34.7 Å². The molecule has 43 heavy (non-hydrogen) atoms. The lowest BCUT2D eigenvalue weighted by Crippen LogP contribution is -2.43. The van der Waals surface area contributed by atoms with Gasteiger partial charge in [0.05, 0.1) is 10.9 Å². The van der Waals surface area contributed by atoms with Crippen LogP contribution in [0.3, 0.4) is 0 Å². The van der Waals surface area contributed by atoms with Gasteiger partial charge >= 0.3 is 6.01 Å². The SMILES string of the molecule is Oc1cc(-c2ncc3c(N4C[C@H]5CC[C@@H](C4)S5)nc(OC[C@@]45CCCN4C[C@H](F)C5)nc3c2F)c2c(F)c(F)ccc2c1. The topological polar surface area (TPSA) is 74.6 Å². The Morgan fingerprint density at radius 2 is 1.86 bits per heavy atom. The van der Waals surface area contributed by atoms with Crippen molar-refractivity contribution in [1.29, 1.82) is 0 Å². The van der Waals surface area contributed by atoms with E-state index in [1.165, 1.54) is 24.4 Å². The van der Waals surface area contributed by atoms with Gasteiger partial charge in [-0.3, -0.25) is 9.88 Å². The Hall–Kier alpha value is -3.38. The van der Waals surface area contributed by atoms with E-state index in [-0.39, 0.29) is 45.9 Å². The molecule has 1 N–H and O–H groups in total. The van der Waals surface area contributed by atoms with E-state index in [1.807, 2.05) is 11.8 Å². The molecule has 6 heterocycles. The summed E-state index contributed by atoms with van der Waals surface area (Å²) in [6.45, 7) is 2.83. The lowest BCUT2D eigenvalue weighted by molar-refractivity contribution is 0.107. The summed E-state index contributed by atoms with van der Waals surface area (Å²) in [5.41, 5.74) is -0.885. The number of pyridine rings is 1. The first-order valence-corrected chi connectivity index (χ1v) is 15.6. The van der Waals surface area contributed by atoms with Gasteiger partial charge in [0.15, 0.2) is 17.5 Å². The van der Waals surface area contributed by atoms with Crippen molar-refractivity contribution in [2.75, 3.05) is 37.7 Å². The zero-order valence-corrected chi connectivity index (χ0v) is 24.0. The number of thioether (sulfide) groups is 1. The van der Waals surface area contributed by atoms with Crippen LogP contribution >= 0.6 is 11.8 Å². The highest BCUT2D eigenvalue weighted by Crippen LogP contribution is 2.44. The molecule has 8 rings (SSSR count). The fourth-order valence-corrected chi connectivity index (χ4v) is 9.14. The summed E-state index contributed by atoms with van der Waals surface area (Å²) >= 11 is 1.97. The molecule has 7 nitrogen and oxygen atoms in total. The first-order valence-electron chi connectivity index (χ1n) is 14.7. The number of alkyl halides is 1. The fourth-order valence-electron chi connectivity index (χ4n) is 7.52. The predicted octanol–water partition coefficient (Wildman–Crippen LogP) is 6.01. The number of benzene rings is 2. The van der Waals surface area contributed by atoms with Gasteiger partial charge in [0.1, 0.15) is 35.6 Å². The van der Waals surface area contributed by atoms with E-state index >= 15 is 8.78 Å². The average molecular weight is 612 g/mol. The largest absolute Gasteiger partial charge is 0.508 e. The van der Waals surface area contributed by atoms with E-state index in [0.717, 1.165) is 51.4 Å². The van der Waals surface area contributed by atoms with Crippen LogP contribution in [0, 0.1) is 17.5 Å². The highest BCUT2D eigenvalue weighted by Gasteiger charge is 2.49. The molecule has 0 saturated carbocycles. The van der Waals surface area contributed by atoms with Crippen molar-refractivity contribution >= 4 is 39.3 Å². The number of phenolic OH excluding ortho intramolecular Hbond substituents is 1. The molecular formula is C31H29F4N5O2S. The molecule has 0 aliphatic carbocycles. The van der Waals surface area contributed by atoms with E-state index in [2.05, 4.69) is 19.8 Å². The minimum absolute atomic E-state index is 0.0225. The van der Waals surface area contributed by atoms with Crippen LogP contribution in [0.2, 0.25) is 0 Å². The summed E-state index contributed by atoms with van der Waals surface area (Å²) in [5.74, 6) is -2.86. The lowest BCUT2D eigenvalue weighted by atomic mass is 9.95. The smallest absolute Gasteiger partial charge is 0.319 e. The van der Waals surface area contributed by atoms with Crippen molar-refractivity contribution in [2.24, 2.45) is 0 Å². The maximum absolute atomic E-state index is 16.6. The van der Waals surface area contributed by atoms with Crippen molar-refractivity contribution in [3.63, 3.8) is 0 Å². The Bertz CT molecular complexity index is 1770. The van der Waals surface area contributed by atoms with Gasteiger partial charge in [-0.15, -0.1) is 0 Å². The fraction of sp³-hybridized carbons (Fsp3) is 0.452. The molecule has 12 heteroatoms. The quantitative estimate of drug-likeness (QED) is 0.275. The van der Waals surface area contributed by atoms with Crippen molar-refractivity contribution < 1.29 is 27.4 Å². The second kappa shape index (κ2) is 10.1. The maximum Gasteiger partial charge on any atom is 0.319 e. The van der Waals surface area contributed by atoms with E-state index < -0.39 is 29.2 Å². The van der Waals surface area contributed by atoms with Gasteiger partial charge in [-0.25, -0.2) is 17.6 Å². The van der Waals surface area contributed by atoms with E-state index in [4.69, 9.17) is 9.72 Å². The second-order valence-corrected chi connectivity index (χ2v) is 13.8. The maximum atomic E-state index is 16.6. The number of hydrogen-bond donors (Lipinski definition) is 1. The minimum Gasteiger partial charge on any atom is -0.508 e. The molecule has 0 spiro atoms. The Kier molecular flexibility index (Phi) is 6.38. The zero-order chi connectivity index (χ0) is 29.5. The molecule has 2 aromatic carbocycles. The molecular weight excluding hydrogens is 582 g/mol.